The van der Waals surface area contributed by atoms with E-state index in [4.69, 9.17) is 0 Å². The summed E-state index contributed by atoms with van der Waals surface area (Å²) < 4.78 is 0. The van der Waals surface area contributed by atoms with Gasteiger partial charge in [-0.05, 0) is 29.5 Å². The van der Waals surface area contributed by atoms with E-state index in [9.17, 15) is 0 Å². The summed E-state index contributed by atoms with van der Waals surface area (Å²) in [5.41, 5.74) is 1.68. The minimum atomic E-state index is 0.340. The number of nitrogens with one attached hydrogen (secondary N) is 1. The molecule has 13 heavy (non-hydrogen) atoms. The summed E-state index contributed by atoms with van der Waals surface area (Å²) >= 11 is 0. The molecule has 0 aliphatic heterocycles. The molecule has 1 aromatic rings. The Kier molecular flexibility index (Phi) is 2.91. The van der Waals surface area contributed by atoms with Crippen molar-refractivity contribution in [3.63, 3.8) is 0 Å². The molecule has 0 aromatic carbocycles. The minimum absolute atomic E-state index is 0.340. The van der Waals surface area contributed by atoms with Crippen LogP contribution in [0.5, 0.6) is 0 Å². The quantitative estimate of drug-likeness (QED) is 0.753. The molecule has 1 heterocycles. The Labute approximate surface area is 80.4 Å². The van der Waals surface area contributed by atoms with Crippen molar-refractivity contribution in [3.05, 3.63) is 23.9 Å². The lowest BCUT2D eigenvalue weighted by molar-refractivity contribution is 0.411. The molecule has 0 fully saturated rings. The summed E-state index contributed by atoms with van der Waals surface area (Å²) in [6.45, 7) is 6.73. The zero-order chi connectivity index (χ0) is 9.90. The molecule has 0 bridgehead atoms. The standard InChI is InChI=1S/C11H18N2/c1-11(2,3)8-9-5-6-13-10(7-9)12-4/h5-7H,8H2,1-4H3,(H,12,13). The fourth-order valence-electron chi connectivity index (χ4n) is 1.33. The summed E-state index contributed by atoms with van der Waals surface area (Å²) in [4.78, 5) is 4.18. The zero-order valence-electron chi connectivity index (χ0n) is 8.89. The highest BCUT2D eigenvalue weighted by molar-refractivity contribution is 5.36. The van der Waals surface area contributed by atoms with Gasteiger partial charge in [0.05, 0.1) is 0 Å². The van der Waals surface area contributed by atoms with Gasteiger partial charge in [0.25, 0.3) is 0 Å². The Hall–Kier alpha value is -1.05. The average molecular weight is 178 g/mol. The first-order chi connectivity index (χ1) is 6.01. The SMILES string of the molecule is CNc1cc(CC(C)(C)C)ccn1. The molecular formula is C11H18N2. The molecule has 0 amide bonds. The van der Waals surface area contributed by atoms with Crippen molar-refractivity contribution in [3.8, 4) is 0 Å². The van der Waals surface area contributed by atoms with E-state index < -0.39 is 0 Å². The Morgan fingerprint density at radius 1 is 1.38 bits per heavy atom. The third kappa shape index (κ3) is 3.45. The summed E-state index contributed by atoms with van der Waals surface area (Å²) in [5, 5.41) is 3.04. The Morgan fingerprint density at radius 3 is 2.62 bits per heavy atom. The molecule has 1 aromatic heterocycles. The topological polar surface area (TPSA) is 24.9 Å². The smallest absolute Gasteiger partial charge is 0.125 e. The van der Waals surface area contributed by atoms with Gasteiger partial charge in [-0.1, -0.05) is 20.8 Å². The van der Waals surface area contributed by atoms with Crippen LogP contribution in [0.25, 0.3) is 0 Å². The number of aromatic nitrogens is 1. The largest absolute Gasteiger partial charge is 0.373 e. The molecule has 0 aliphatic rings. The minimum Gasteiger partial charge on any atom is -0.373 e. The highest BCUT2D eigenvalue weighted by atomic mass is 14.9. The van der Waals surface area contributed by atoms with Crippen molar-refractivity contribution in [1.82, 2.24) is 4.98 Å². The van der Waals surface area contributed by atoms with Gasteiger partial charge in [-0.2, -0.15) is 0 Å². The maximum absolute atomic E-state index is 4.18. The molecule has 72 valence electrons. The van der Waals surface area contributed by atoms with Crippen molar-refractivity contribution in [2.75, 3.05) is 12.4 Å². The molecule has 2 nitrogen and oxygen atoms in total. The maximum Gasteiger partial charge on any atom is 0.125 e. The van der Waals surface area contributed by atoms with E-state index in [2.05, 4.69) is 43.2 Å². The second-order valence-electron chi connectivity index (χ2n) is 4.54. The predicted octanol–water partition coefficient (Wildman–Crippen LogP) is 2.71. The molecule has 0 atom stereocenters. The first kappa shape index (κ1) is 10.0. The van der Waals surface area contributed by atoms with Crippen LogP contribution in [-0.4, -0.2) is 12.0 Å². The number of nitrogens with zero attached hydrogens (tertiary/aromatic N) is 1. The highest BCUT2D eigenvalue weighted by Gasteiger charge is 2.11. The fraction of sp³-hybridized carbons (Fsp3) is 0.545. The normalized spacial score (nSPS) is 11.4. The van der Waals surface area contributed by atoms with Crippen molar-refractivity contribution < 1.29 is 0 Å². The van der Waals surface area contributed by atoms with Crippen LogP contribution < -0.4 is 5.32 Å². The van der Waals surface area contributed by atoms with Gasteiger partial charge in [0.15, 0.2) is 0 Å². The van der Waals surface area contributed by atoms with Gasteiger partial charge >= 0.3 is 0 Å². The van der Waals surface area contributed by atoms with Gasteiger partial charge in [-0.15, -0.1) is 0 Å². The third-order valence-corrected chi connectivity index (χ3v) is 1.81. The zero-order valence-corrected chi connectivity index (χ0v) is 8.89. The van der Waals surface area contributed by atoms with Crippen LogP contribution in [0.15, 0.2) is 18.3 Å². The molecule has 2 heteroatoms. The maximum atomic E-state index is 4.18. The van der Waals surface area contributed by atoms with Gasteiger partial charge in [-0.25, -0.2) is 4.98 Å². The first-order valence-corrected chi connectivity index (χ1v) is 4.64. The van der Waals surface area contributed by atoms with E-state index in [0.717, 1.165) is 12.2 Å². The Balaban J connectivity index is 2.78. The molecular weight excluding hydrogens is 160 g/mol. The van der Waals surface area contributed by atoms with Gasteiger partial charge in [0.2, 0.25) is 0 Å². The molecule has 0 saturated heterocycles. The second kappa shape index (κ2) is 3.77. The van der Waals surface area contributed by atoms with Crippen LogP contribution in [0.2, 0.25) is 0 Å². The van der Waals surface area contributed by atoms with Gasteiger partial charge < -0.3 is 5.32 Å². The summed E-state index contributed by atoms with van der Waals surface area (Å²) in [6, 6.07) is 4.18. The van der Waals surface area contributed by atoms with Crippen LogP contribution in [0.1, 0.15) is 26.3 Å². The molecule has 1 rings (SSSR count). The number of pyridine rings is 1. The van der Waals surface area contributed by atoms with Gasteiger partial charge in [0.1, 0.15) is 5.82 Å². The van der Waals surface area contributed by atoms with Crippen LogP contribution in [-0.2, 0) is 6.42 Å². The molecule has 1 N–H and O–H groups in total. The molecule has 0 saturated carbocycles. The molecule has 0 radical (unpaired) electrons. The van der Waals surface area contributed by atoms with Gasteiger partial charge in [0, 0.05) is 13.2 Å². The lowest BCUT2D eigenvalue weighted by Crippen LogP contribution is -2.09. The van der Waals surface area contributed by atoms with E-state index in [0.29, 0.717) is 5.41 Å². The van der Waals surface area contributed by atoms with Crippen molar-refractivity contribution in [1.29, 1.82) is 0 Å². The third-order valence-electron chi connectivity index (χ3n) is 1.81. The van der Waals surface area contributed by atoms with Gasteiger partial charge in [-0.3, -0.25) is 0 Å². The predicted molar refractivity (Wildman–Crippen MR) is 56.9 cm³/mol. The van der Waals surface area contributed by atoms with E-state index in [-0.39, 0.29) is 0 Å². The highest BCUT2D eigenvalue weighted by Crippen LogP contribution is 2.21. The Bertz CT molecular complexity index is 274. The first-order valence-electron chi connectivity index (χ1n) is 4.64. The number of rotatable bonds is 2. The summed E-state index contributed by atoms with van der Waals surface area (Å²) in [7, 11) is 1.89. The van der Waals surface area contributed by atoms with E-state index >= 15 is 0 Å². The van der Waals surface area contributed by atoms with Crippen LogP contribution in [0.3, 0.4) is 0 Å². The average Bonchev–Trinajstić information content (AvgIpc) is 2.01. The number of hydrogen-bond donors (Lipinski definition) is 1. The summed E-state index contributed by atoms with van der Waals surface area (Å²) in [6.07, 6.45) is 2.94. The van der Waals surface area contributed by atoms with Crippen LogP contribution >= 0.6 is 0 Å². The Morgan fingerprint density at radius 2 is 2.08 bits per heavy atom. The fourth-order valence-corrected chi connectivity index (χ4v) is 1.33. The second-order valence-corrected chi connectivity index (χ2v) is 4.54. The van der Waals surface area contributed by atoms with E-state index in [1.807, 2.05) is 13.2 Å². The van der Waals surface area contributed by atoms with Crippen molar-refractivity contribution in [2.45, 2.75) is 27.2 Å². The lowest BCUT2D eigenvalue weighted by Gasteiger charge is -2.18. The van der Waals surface area contributed by atoms with E-state index in [1.54, 1.807) is 0 Å². The summed E-state index contributed by atoms with van der Waals surface area (Å²) in [5.74, 6) is 0.946. The molecule has 0 aliphatic carbocycles. The van der Waals surface area contributed by atoms with Crippen LogP contribution in [0, 0.1) is 5.41 Å². The number of hydrogen-bond acceptors (Lipinski definition) is 2. The molecule has 0 unspecified atom stereocenters. The lowest BCUT2D eigenvalue weighted by atomic mass is 9.88. The number of anilines is 1. The monoisotopic (exact) mass is 178 g/mol. The molecule has 0 spiro atoms. The van der Waals surface area contributed by atoms with Crippen LogP contribution in [0.4, 0.5) is 5.82 Å². The van der Waals surface area contributed by atoms with E-state index in [1.165, 1.54) is 5.56 Å². The van der Waals surface area contributed by atoms with Crippen molar-refractivity contribution in [2.24, 2.45) is 5.41 Å². The van der Waals surface area contributed by atoms with Crippen molar-refractivity contribution >= 4 is 5.82 Å².